The molecule has 114 valence electrons. The lowest BCUT2D eigenvalue weighted by molar-refractivity contribution is -0.115. The number of methoxy groups -OCH3 is 1. The molecule has 0 fully saturated rings. The summed E-state index contributed by atoms with van der Waals surface area (Å²) in [5.74, 6) is 1.18. The van der Waals surface area contributed by atoms with Gasteiger partial charge in [0, 0.05) is 36.0 Å². The van der Waals surface area contributed by atoms with Gasteiger partial charge in [-0.15, -0.1) is 0 Å². The van der Waals surface area contributed by atoms with E-state index in [4.69, 9.17) is 4.74 Å². The van der Waals surface area contributed by atoms with Gasteiger partial charge in [0.2, 0.25) is 0 Å². The van der Waals surface area contributed by atoms with Crippen molar-refractivity contribution in [3.8, 4) is 5.75 Å². The Bertz CT molecular complexity index is 828. The zero-order chi connectivity index (χ0) is 15.5. The highest BCUT2D eigenvalue weighted by molar-refractivity contribution is 5.93. The van der Waals surface area contributed by atoms with Gasteiger partial charge in [0.05, 0.1) is 12.6 Å². The molecule has 1 atom stereocenters. The number of carbonyl (C=O) groups is 1. The molecular weight excluding hydrogens is 274 g/mol. The molecule has 0 radical (unpaired) electrons. The number of rotatable bonds is 1. The number of hydrogen-bond acceptors (Lipinski definition) is 2. The van der Waals surface area contributed by atoms with Gasteiger partial charge < -0.3 is 9.30 Å². The minimum atomic E-state index is 0.00248. The fourth-order valence-corrected chi connectivity index (χ4v) is 4.42. The minimum absolute atomic E-state index is 0.00248. The van der Waals surface area contributed by atoms with E-state index in [-0.39, 0.29) is 11.2 Å². The molecule has 0 saturated heterocycles. The van der Waals surface area contributed by atoms with Gasteiger partial charge in [0.25, 0.3) is 0 Å². The number of allylic oxidation sites excluding steroid dienone is 2. The first-order valence-electron chi connectivity index (χ1n) is 7.94. The van der Waals surface area contributed by atoms with E-state index in [1.165, 1.54) is 27.7 Å². The van der Waals surface area contributed by atoms with E-state index < -0.39 is 0 Å². The van der Waals surface area contributed by atoms with E-state index >= 15 is 0 Å². The molecule has 1 unspecified atom stereocenters. The summed E-state index contributed by atoms with van der Waals surface area (Å²) in [5.41, 5.74) is 5.38. The molecule has 1 aromatic heterocycles. The van der Waals surface area contributed by atoms with Crippen molar-refractivity contribution in [3.05, 3.63) is 41.1 Å². The zero-order valence-corrected chi connectivity index (χ0v) is 13.4. The first-order chi connectivity index (χ1) is 10.5. The van der Waals surface area contributed by atoms with E-state index in [1.807, 2.05) is 12.1 Å². The number of ketones is 1. The summed E-state index contributed by atoms with van der Waals surface area (Å²) in [6.45, 7) is 2.30. The van der Waals surface area contributed by atoms with Crippen LogP contribution in [-0.2, 0) is 23.7 Å². The molecule has 22 heavy (non-hydrogen) atoms. The first-order valence-corrected chi connectivity index (χ1v) is 7.94. The Hall–Kier alpha value is -2.03. The van der Waals surface area contributed by atoms with Gasteiger partial charge in [-0.05, 0) is 43.0 Å². The van der Waals surface area contributed by atoms with E-state index in [9.17, 15) is 4.79 Å². The van der Waals surface area contributed by atoms with Gasteiger partial charge in [-0.2, -0.15) is 0 Å². The summed E-state index contributed by atoms with van der Waals surface area (Å²) in [6.07, 6.45) is 5.51. The Morgan fingerprint density at radius 2 is 2.05 bits per heavy atom. The predicted octanol–water partition coefficient (Wildman–Crippen LogP) is 3.68. The summed E-state index contributed by atoms with van der Waals surface area (Å²) >= 11 is 0. The number of carbonyl (C=O) groups excluding carboxylic acids is 1. The highest BCUT2D eigenvalue weighted by Crippen LogP contribution is 2.49. The molecule has 2 aliphatic rings. The summed E-state index contributed by atoms with van der Waals surface area (Å²) in [7, 11) is 3.85. The average Bonchev–Trinajstić information content (AvgIpc) is 2.81. The maximum atomic E-state index is 11.8. The number of ether oxygens (including phenoxy) is 1. The van der Waals surface area contributed by atoms with Crippen LogP contribution in [0.15, 0.2) is 29.8 Å². The third kappa shape index (κ3) is 1.65. The Balaban J connectivity index is 2.02. The second kappa shape index (κ2) is 4.48. The van der Waals surface area contributed by atoms with Gasteiger partial charge in [0.1, 0.15) is 5.75 Å². The lowest BCUT2D eigenvalue weighted by Crippen LogP contribution is -2.35. The normalized spacial score (nSPS) is 24.0. The maximum absolute atomic E-state index is 11.8. The van der Waals surface area contributed by atoms with Gasteiger partial charge in [-0.3, -0.25) is 4.79 Å². The van der Waals surface area contributed by atoms with Crippen LogP contribution < -0.4 is 4.74 Å². The molecule has 0 saturated carbocycles. The van der Waals surface area contributed by atoms with Crippen molar-refractivity contribution in [2.24, 2.45) is 7.05 Å². The van der Waals surface area contributed by atoms with Crippen LogP contribution in [-0.4, -0.2) is 17.5 Å². The lowest BCUT2D eigenvalue weighted by atomic mass is 9.65. The van der Waals surface area contributed by atoms with Crippen molar-refractivity contribution in [1.29, 1.82) is 0 Å². The first kappa shape index (κ1) is 13.6. The molecule has 0 bridgehead atoms. The zero-order valence-electron chi connectivity index (χ0n) is 13.4. The van der Waals surface area contributed by atoms with Gasteiger partial charge in [0.15, 0.2) is 5.78 Å². The highest BCUT2D eigenvalue weighted by atomic mass is 16.5. The van der Waals surface area contributed by atoms with E-state index in [0.717, 1.165) is 25.0 Å². The van der Waals surface area contributed by atoms with Gasteiger partial charge in [-0.1, -0.05) is 12.5 Å². The number of hydrogen-bond donors (Lipinski definition) is 0. The van der Waals surface area contributed by atoms with E-state index in [2.05, 4.69) is 30.7 Å². The molecule has 2 aliphatic carbocycles. The number of aryl methyl sites for hydroxylation is 2. The van der Waals surface area contributed by atoms with Crippen LogP contribution in [0.3, 0.4) is 0 Å². The predicted molar refractivity (Wildman–Crippen MR) is 87.5 cm³/mol. The Morgan fingerprint density at radius 1 is 1.23 bits per heavy atom. The Morgan fingerprint density at radius 3 is 2.82 bits per heavy atom. The highest BCUT2D eigenvalue weighted by Gasteiger charge is 2.42. The molecule has 0 spiro atoms. The molecule has 0 amide bonds. The summed E-state index contributed by atoms with van der Waals surface area (Å²) < 4.78 is 7.70. The van der Waals surface area contributed by atoms with Crippen LogP contribution in [0.25, 0.3) is 10.9 Å². The second-order valence-electron chi connectivity index (χ2n) is 6.74. The molecule has 4 rings (SSSR count). The topological polar surface area (TPSA) is 31.2 Å². The SMILES string of the molecule is COc1ccc2c3c(n(C)c2c1)C1(C)CCC(=O)C=C1CC3. The number of nitrogens with zero attached hydrogens (tertiary/aromatic N) is 1. The van der Waals surface area contributed by atoms with Gasteiger partial charge in [-0.25, -0.2) is 0 Å². The Kier molecular flexibility index (Phi) is 2.77. The molecule has 0 aliphatic heterocycles. The lowest BCUT2D eigenvalue weighted by Gasteiger charge is -2.40. The van der Waals surface area contributed by atoms with Crippen molar-refractivity contribution < 1.29 is 9.53 Å². The van der Waals surface area contributed by atoms with Crippen molar-refractivity contribution in [1.82, 2.24) is 4.57 Å². The third-order valence-electron chi connectivity index (χ3n) is 5.59. The second-order valence-corrected chi connectivity index (χ2v) is 6.74. The smallest absolute Gasteiger partial charge is 0.155 e. The van der Waals surface area contributed by atoms with Crippen LogP contribution in [0.2, 0.25) is 0 Å². The van der Waals surface area contributed by atoms with Gasteiger partial charge >= 0.3 is 0 Å². The molecule has 3 nitrogen and oxygen atoms in total. The largest absolute Gasteiger partial charge is 0.497 e. The molecule has 3 heteroatoms. The quantitative estimate of drug-likeness (QED) is 0.803. The monoisotopic (exact) mass is 295 g/mol. The van der Waals surface area contributed by atoms with Crippen molar-refractivity contribution in [3.63, 3.8) is 0 Å². The van der Waals surface area contributed by atoms with Crippen LogP contribution in [0.4, 0.5) is 0 Å². The Labute approximate surface area is 130 Å². The minimum Gasteiger partial charge on any atom is -0.497 e. The van der Waals surface area contributed by atoms with Crippen LogP contribution in [0, 0.1) is 0 Å². The summed E-state index contributed by atoms with van der Waals surface area (Å²) in [4.78, 5) is 11.8. The fourth-order valence-electron chi connectivity index (χ4n) is 4.42. The van der Waals surface area contributed by atoms with E-state index in [1.54, 1.807) is 7.11 Å². The van der Waals surface area contributed by atoms with Crippen LogP contribution in [0.5, 0.6) is 5.75 Å². The third-order valence-corrected chi connectivity index (χ3v) is 5.59. The number of aromatic nitrogens is 1. The molecule has 1 heterocycles. The summed E-state index contributed by atoms with van der Waals surface area (Å²) in [5, 5.41) is 1.33. The van der Waals surface area contributed by atoms with Crippen molar-refractivity contribution >= 4 is 16.7 Å². The molecule has 0 N–H and O–H groups in total. The maximum Gasteiger partial charge on any atom is 0.155 e. The molecular formula is C19H21NO2. The number of benzene rings is 1. The van der Waals surface area contributed by atoms with E-state index in [0.29, 0.717) is 6.42 Å². The van der Waals surface area contributed by atoms with Crippen molar-refractivity contribution in [2.75, 3.05) is 7.11 Å². The fraction of sp³-hybridized carbons (Fsp3) is 0.421. The summed E-state index contributed by atoms with van der Waals surface area (Å²) in [6, 6.07) is 6.34. The average molecular weight is 295 g/mol. The van der Waals surface area contributed by atoms with Crippen LogP contribution in [0.1, 0.15) is 37.4 Å². The molecule has 1 aromatic carbocycles. The van der Waals surface area contributed by atoms with Crippen molar-refractivity contribution in [2.45, 2.75) is 38.0 Å². The molecule has 2 aromatic rings. The standard InChI is InChI=1S/C19H21NO2/c1-19-9-8-13(21)10-12(19)4-6-16-15-7-5-14(22-3)11-17(15)20(2)18(16)19/h5,7,10-11H,4,6,8-9H2,1-3H3. The van der Waals surface area contributed by atoms with Crippen LogP contribution >= 0.6 is 0 Å². The number of fused-ring (bicyclic) bond motifs is 5.